The van der Waals surface area contributed by atoms with Crippen molar-refractivity contribution in [2.45, 2.75) is 32.6 Å². The Bertz CT molecular complexity index is 840. The maximum Gasteiger partial charge on any atom is 0.306 e. The topological polar surface area (TPSA) is 79.3 Å². The summed E-state index contributed by atoms with van der Waals surface area (Å²) < 4.78 is 0. The third kappa shape index (κ3) is 4.62. The Kier molecular flexibility index (Phi) is 6.40. The van der Waals surface area contributed by atoms with E-state index >= 15 is 0 Å². The van der Waals surface area contributed by atoms with Crippen LogP contribution in [0, 0.1) is 18.8 Å². The smallest absolute Gasteiger partial charge is 0.306 e. The molecule has 0 bridgehead atoms. The summed E-state index contributed by atoms with van der Waals surface area (Å²) in [6, 6.07) is 5.25. The summed E-state index contributed by atoms with van der Waals surface area (Å²) in [5, 5.41) is 13.6. The van der Waals surface area contributed by atoms with Crippen molar-refractivity contribution in [3.63, 3.8) is 0 Å². The number of carboxylic acid groups (broad SMARTS) is 1. The van der Waals surface area contributed by atoms with Crippen LogP contribution in [0.1, 0.15) is 41.0 Å². The second kappa shape index (κ2) is 8.59. The molecule has 0 aliphatic heterocycles. The molecule has 0 atom stereocenters. The van der Waals surface area contributed by atoms with Crippen LogP contribution in [0.5, 0.6) is 0 Å². The van der Waals surface area contributed by atoms with Gasteiger partial charge in [-0.3, -0.25) is 9.59 Å². The second-order valence-electron chi connectivity index (χ2n) is 6.80. The van der Waals surface area contributed by atoms with Crippen molar-refractivity contribution in [2.75, 3.05) is 6.54 Å². The number of amides is 1. The fourth-order valence-electron chi connectivity index (χ4n) is 3.35. The summed E-state index contributed by atoms with van der Waals surface area (Å²) >= 11 is 13.8. The summed E-state index contributed by atoms with van der Waals surface area (Å²) in [6.07, 6.45) is 2.98. The SMILES string of the molecule is Cc1nc(-c2c(Cl)cccc2Cl)sc1C(=O)NCC1CCC(C(=O)O)CC1. The highest BCUT2D eigenvalue weighted by Crippen LogP contribution is 2.38. The Labute approximate surface area is 171 Å². The molecule has 0 spiro atoms. The highest BCUT2D eigenvalue weighted by atomic mass is 35.5. The lowest BCUT2D eigenvalue weighted by Gasteiger charge is -2.26. The van der Waals surface area contributed by atoms with Gasteiger partial charge in [-0.1, -0.05) is 29.3 Å². The Morgan fingerprint density at radius 2 is 1.85 bits per heavy atom. The maximum absolute atomic E-state index is 12.6. The van der Waals surface area contributed by atoms with Gasteiger partial charge in [-0.2, -0.15) is 0 Å². The summed E-state index contributed by atoms with van der Waals surface area (Å²) in [5.41, 5.74) is 1.28. The van der Waals surface area contributed by atoms with E-state index < -0.39 is 5.97 Å². The van der Waals surface area contributed by atoms with Gasteiger partial charge in [0.05, 0.1) is 21.7 Å². The largest absolute Gasteiger partial charge is 0.481 e. The molecule has 3 rings (SSSR count). The van der Waals surface area contributed by atoms with Gasteiger partial charge >= 0.3 is 5.97 Å². The van der Waals surface area contributed by atoms with E-state index in [4.69, 9.17) is 28.3 Å². The summed E-state index contributed by atoms with van der Waals surface area (Å²) in [5.74, 6) is -0.817. The minimum atomic E-state index is -0.719. The number of aromatic nitrogens is 1. The van der Waals surface area contributed by atoms with Crippen LogP contribution in [-0.4, -0.2) is 28.5 Å². The van der Waals surface area contributed by atoms with Gasteiger partial charge in [-0.25, -0.2) is 4.98 Å². The number of carboxylic acids is 1. The lowest BCUT2D eigenvalue weighted by Crippen LogP contribution is -2.32. The number of aliphatic carboxylic acids is 1. The van der Waals surface area contributed by atoms with Gasteiger partial charge in [0.15, 0.2) is 0 Å². The normalized spacial score (nSPS) is 19.7. The van der Waals surface area contributed by atoms with E-state index in [-0.39, 0.29) is 11.8 Å². The van der Waals surface area contributed by atoms with E-state index in [2.05, 4.69) is 10.3 Å². The molecule has 1 aromatic heterocycles. The summed E-state index contributed by atoms with van der Waals surface area (Å²) in [7, 11) is 0. The molecule has 0 radical (unpaired) electrons. The Morgan fingerprint density at radius 3 is 2.44 bits per heavy atom. The summed E-state index contributed by atoms with van der Waals surface area (Å²) in [6.45, 7) is 2.34. The molecule has 1 aliphatic carbocycles. The molecular weight excluding hydrogens is 407 g/mol. The number of hydrogen-bond acceptors (Lipinski definition) is 4. The molecule has 2 aromatic rings. The van der Waals surface area contributed by atoms with Crippen molar-refractivity contribution >= 4 is 46.4 Å². The van der Waals surface area contributed by atoms with Crippen molar-refractivity contribution in [3.8, 4) is 10.6 Å². The molecule has 5 nitrogen and oxygen atoms in total. The highest BCUT2D eigenvalue weighted by molar-refractivity contribution is 7.17. The van der Waals surface area contributed by atoms with Gasteiger partial charge in [0.1, 0.15) is 9.88 Å². The van der Waals surface area contributed by atoms with Crippen molar-refractivity contribution in [2.24, 2.45) is 11.8 Å². The zero-order chi connectivity index (χ0) is 19.6. The molecule has 144 valence electrons. The number of thiazole rings is 1. The average Bonchev–Trinajstić information content (AvgIpc) is 3.01. The minimum Gasteiger partial charge on any atom is -0.481 e. The van der Waals surface area contributed by atoms with Crippen molar-refractivity contribution in [1.29, 1.82) is 0 Å². The molecule has 1 aromatic carbocycles. The lowest BCUT2D eigenvalue weighted by atomic mass is 9.82. The van der Waals surface area contributed by atoms with Crippen LogP contribution in [0.4, 0.5) is 0 Å². The number of benzene rings is 1. The summed E-state index contributed by atoms with van der Waals surface area (Å²) in [4.78, 5) is 28.6. The highest BCUT2D eigenvalue weighted by Gasteiger charge is 2.26. The number of rotatable bonds is 5. The van der Waals surface area contributed by atoms with Crippen LogP contribution >= 0.6 is 34.5 Å². The first-order valence-corrected chi connectivity index (χ1v) is 10.4. The molecule has 1 aliphatic rings. The van der Waals surface area contributed by atoms with Crippen molar-refractivity contribution < 1.29 is 14.7 Å². The Hall–Kier alpha value is -1.63. The number of carbonyl (C=O) groups is 2. The zero-order valence-corrected chi connectivity index (χ0v) is 17.1. The monoisotopic (exact) mass is 426 g/mol. The first kappa shape index (κ1) is 20.1. The van der Waals surface area contributed by atoms with Crippen molar-refractivity contribution in [3.05, 3.63) is 38.8 Å². The Morgan fingerprint density at radius 1 is 1.22 bits per heavy atom. The van der Waals surface area contributed by atoms with Gasteiger partial charge in [-0.15, -0.1) is 11.3 Å². The van der Waals surface area contributed by atoms with E-state index in [0.29, 0.717) is 56.5 Å². The van der Waals surface area contributed by atoms with E-state index in [0.717, 1.165) is 12.8 Å². The van der Waals surface area contributed by atoms with Crippen LogP contribution in [0.25, 0.3) is 10.6 Å². The molecule has 1 saturated carbocycles. The van der Waals surface area contributed by atoms with Crippen LogP contribution in [0.3, 0.4) is 0 Å². The second-order valence-corrected chi connectivity index (χ2v) is 8.61. The molecule has 1 heterocycles. The Balaban J connectivity index is 1.65. The van der Waals surface area contributed by atoms with E-state index in [1.807, 2.05) is 0 Å². The first-order valence-electron chi connectivity index (χ1n) is 8.79. The van der Waals surface area contributed by atoms with Crippen LogP contribution in [0.15, 0.2) is 18.2 Å². The van der Waals surface area contributed by atoms with Gasteiger partial charge in [0.2, 0.25) is 0 Å². The molecule has 0 unspecified atom stereocenters. The maximum atomic E-state index is 12.6. The number of hydrogen-bond donors (Lipinski definition) is 2. The van der Waals surface area contributed by atoms with Crippen molar-refractivity contribution in [1.82, 2.24) is 10.3 Å². The molecule has 1 fully saturated rings. The van der Waals surface area contributed by atoms with Gasteiger partial charge in [0, 0.05) is 12.1 Å². The lowest BCUT2D eigenvalue weighted by molar-refractivity contribution is -0.143. The number of halogens is 2. The molecule has 8 heteroatoms. The molecule has 2 N–H and O–H groups in total. The fourth-order valence-corrected chi connectivity index (χ4v) is 5.09. The van der Waals surface area contributed by atoms with Crippen LogP contribution < -0.4 is 5.32 Å². The van der Waals surface area contributed by atoms with Gasteiger partial charge in [0.25, 0.3) is 5.91 Å². The predicted octanol–water partition coefficient (Wildman–Crippen LogP) is 5.05. The third-order valence-corrected chi connectivity index (χ3v) is 6.73. The van der Waals surface area contributed by atoms with Crippen LogP contribution in [0.2, 0.25) is 10.0 Å². The molecule has 0 saturated heterocycles. The third-order valence-electron chi connectivity index (χ3n) is 4.93. The van der Waals surface area contributed by atoms with Gasteiger partial charge < -0.3 is 10.4 Å². The predicted molar refractivity (Wildman–Crippen MR) is 108 cm³/mol. The number of carbonyl (C=O) groups excluding carboxylic acids is 1. The molecule has 27 heavy (non-hydrogen) atoms. The van der Waals surface area contributed by atoms with E-state index in [1.54, 1.807) is 25.1 Å². The van der Waals surface area contributed by atoms with E-state index in [1.165, 1.54) is 11.3 Å². The molecule has 1 amide bonds. The standard InChI is InChI=1S/C19H20Cl2N2O3S/c1-10-16(27-18(23-10)15-13(20)3-2-4-14(15)21)17(24)22-9-11-5-7-12(8-6-11)19(25)26/h2-4,11-12H,5-9H2,1H3,(H,22,24)(H,25,26). The van der Waals surface area contributed by atoms with Crippen LogP contribution in [-0.2, 0) is 4.79 Å². The number of nitrogens with zero attached hydrogens (tertiary/aromatic N) is 1. The molecular formula is C19H20Cl2N2O3S. The van der Waals surface area contributed by atoms with E-state index in [9.17, 15) is 9.59 Å². The minimum absolute atomic E-state index is 0.167. The first-order chi connectivity index (χ1) is 12.9. The fraction of sp³-hybridized carbons (Fsp3) is 0.421. The number of nitrogens with one attached hydrogen (secondary N) is 1. The quantitative estimate of drug-likeness (QED) is 0.700. The zero-order valence-electron chi connectivity index (χ0n) is 14.8. The number of aryl methyl sites for hydroxylation is 1. The average molecular weight is 427 g/mol. The van der Waals surface area contributed by atoms with Gasteiger partial charge in [-0.05, 0) is 50.7 Å².